The van der Waals surface area contributed by atoms with Gasteiger partial charge in [0.05, 0.1) is 6.10 Å². The highest BCUT2D eigenvalue weighted by Gasteiger charge is 2.07. The first-order valence-corrected chi connectivity index (χ1v) is 5.14. The van der Waals surface area contributed by atoms with Crippen LogP contribution in [0.3, 0.4) is 0 Å². The molecule has 13 heavy (non-hydrogen) atoms. The molecule has 0 amide bonds. The molecule has 2 nitrogen and oxygen atoms in total. The van der Waals surface area contributed by atoms with E-state index in [4.69, 9.17) is 17.3 Å². The Labute approximate surface area is 90.8 Å². The van der Waals surface area contributed by atoms with Crippen LogP contribution in [-0.2, 0) is 0 Å². The van der Waals surface area contributed by atoms with Gasteiger partial charge in [0.1, 0.15) is 0 Å². The summed E-state index contributed by atoms with van der Waals surface area (Å²) >= 11 is 9.13. The highest BCUT2D eigenvalue weighted by molar-refractivity contribution is 9.10. The van der Waals surface area contributed by atoms with Gasteiger partial charge in [0.15, 0.2) is 0 Å². The third-order valence-corrected chi connectivity index (χ3v) is 2.39. The van der Waals surface area contributed by atoms with E-state index in [0.29, 0.717) is 18.0 Å². The quantitative estimate of drug-likeness (QED) is 0.881. The molecule has 0 saturated heterocycles. The molecule has 0 radical (unpaired) electrons. The van der Waals surface area contributed by atoms with Gasteiger partial charge in [-0.3, -0.25) is 0 Å². The molecule has 0 bridgehead atoms. The van der Waals surface area contributed by atoms with Crippen LogP contribution >= 0.6 is 27.5 Å². The van der Waals surface area contributed by atoms with Crippen LogP contribution in [0.4, 0.5) is 0 Å². The van der Waals surface area contributed by atoms with Gasteiger partial charge in [-0.1, -0.05) is 27.5 Å². The van der Waals surface area contributed by atoms with E-state index in [1.807, 2.05) is 6.07 Å². The van der Waals surface area contributed by atoms with E-state index >= 15 is 0 Å². The smallest absolute Gasteiger partial charge is 0.0803 e. The first kappa shape index (κ1) is 11.0. The summed E-state index contributed by atoms with van der Waals surface area (Å²) in [6, 6.07) is 5.36. The van der Waals surface area contributed by atoms with E-state index in [9.17, 15) is 5.11 Å². The maximum Gasteiger partial charge on any atom is 0.0803 e. The summed E-state index contributed by atoms with van der Waals surface area (Å²) < 4.78 is 0.867. The van der Waals surface area contributed by atoms with Crippen LogP contribution in [0.25, 0.3) is 0 Å². The SMILES string of the molecule is NCCC(O)c1cc(Cl)cc(Br)c1. The normalized spacial score (nSPS) is 12.9. The zero-order valence-electron chi connectivity index (χ0n) is 7.00. The second-order valence-electron chi connectivity index (χ2n) is 2.80. The van der Waals surface area contributed by atoms with Crippen molar-refractivity contribution in [3.63, 3.8) is 0 Å². The lowest BCUT2D eigenvalue weighted by atomic mass is 10.1. The fourth-order valence-electron chi connectivity index (χ4n) is 1.09. The van der Waals surface area contributed by atoms with Crippen molar-refractivity contribution in [1.82, 2.24) is 0 Å². The monoisotopic (exact) mass is 263 g/mol. The Morgan fingerprint density at radius 3 is 2.69 bits per heavy atom. The molecule has 0 aliphatic rings. The van der Waals surface area contributed by atoms with Crippen molar-refractivity contribution in [3.05, 3.63) is 33.3 Å². The zero-order chi connectivity index (χ0) is 9.84. The van der Waals surface area contributed by atoms with E-state index in [2.05, 4.69) is 15.9 Å². The van der Waals surface area contributed by atoms with Gasteiger partial charge < -0.3 is 10.8 Å². The minimum atomic E-state index is -0.528. The molecule has 1 rings (SSSR count). The van der Waals surface area contributed by atoms with Crippen LogP contribution in [0.1, 0.15) is 18.1 Å². The first-order chi connectivity index (χ1) is 6.13. The summed E-state index contributed by atoms with van der Waals surface area (Å²) in [4.78, 5) is 0. The van der Waals surface area contributed by atoms with E-state index in [1.165, 1.54) is 0 Å². The molecule has 1 aromatic carbocycles. The molecule has 0 heterocycles. The summed E-state index contributed by atoms with van der Waals surface area (Å²) in [7, 11) is 0. The summed E-state index contributed by atoms with van der Waals surface area (Å²) in [6.07, 6.45) is 0.0206. The third kappa shape index (κ3) is 3.27. The molecule has 0 saturated carbocycles. The predicted octanol–water partition coefficient (Wildman–Crippen LogP) is 2.48. The molecule has 1 atom stereocenters. The van der Waals surface area contributed by atoms with Gasteiger partial charge in [-0.25, -0.2) is 0 Å². The van der Waals surface area contributed by atoms with Crippen molar-refractivity contribution in [2.45, 2.75) is 12.5 Å². The molecular weight excluding hydrogens is 253 g/mol. The highest BCUT2D eigenvalue weighted by Crippen LogP contribution is 2.24. The van der Waals surface area contributed by atoms with Crippen molar-refractivity contribution in [3.8, 4) is 0 Å². The number of hydrogen-bond acceptors (Lipinski definition) is 2. The van der Waals surface area contributed by atoms with E-state index in [1.54, 1.807) is 12.1 Å². The number of aliphatic hydroxyl groups excluding tert-OH is 1. The minimum absolute atomic E-state index is 0.464. The Kier molecular flexibility index (Phi) is 4.19. The number of benzene rings is 1. The number of halogens is 2. The van der Waals surface area contributed by atoms with Gasteiger partial charge in [-0.05, 0) is 36.7 Å². The van der Waals surface area contributed by atoms with Crippen LogP contribution in [-0.4, -0.2) is 11.7 Å². The van der Waals surface area contributed by atoms with Gasteiger partial charge in [0.25, 0.3) is 0 Å². The molecule has 3 N–H and O–H groups in total. The predicted molar refractivity (Wildman–Crippen MR) is 57.8 cm³/mol. The molecule has 4 heteroatoms. The second-order valence-corrected chi connectivity index (χ2v) is 4.15. The Bertz CT molecular complexity index is 273. The van der Waals surface area contributed by atoms with Crippen molar-refractivity contribution in [2.75, 3.05) is 6.54 Å². The summed E-state index contributed by atoms with van der Waals surface area (Å²) in [5.41, 5.74) is 6.13. The average Bonchev–Trinajstić information content (AvgIpc) is 2.03. The van der Waals surface area contributed by atoms with E-state index in [-0.39, 0.29) is 0 Å². The zero-order valence-corrected chi connectivity index (χ0v) is 9.35. The maximum absolute atomic E-state index is 9.61. The van der Waals surface area contributed by atoms with Gasteiger partial charge in [-0.15, -0.1) is 0 Å². The number of rotatable bonds is 3. The maximum atomic E-state index is 9.61. The summed E-state index contributed by atoms with van der Waals surface area (Å²) in [5, 5.41) is 10.2. The number of aliphatic hydroxyl groups is 1. The van der Waals surface area contributed by atoms with Crippen LogP contribution in [0, 0.1) is 0 Å². The largest absolute Gasteiger partial charge is 0.388 e. The molecule has 1 unspecified atom stereocenters. The van der Waals surface area contributed by atoms with Crippen molar-refractivity contribution >= 4 is 27.5 Å². The van der Waals surface area contributed by atoms with Crippen LogP contribution < -0.4 is 5.73 Å². The Morgan fingerprint density at radius 2 is 2.15 bits per heavy atom. The van der Waals surface area contributed by atoms with Gasteiger partial charge in [0.2, 0.25) is 0 Å². The van der Waals surface area contributed by atoms with Crippen molar-refractivity contribution in [2.24, 2.45) is 5.73 Å². The van der Waals surface area contributed by atoms with Crippen LogP contribution in [0.15, 0.2) is 22.7 Å². The molecular formula is C9H11BrClNO. The molecule has 0 aliphatic carbocycles. The molecule has 0 fully saturated rings. The lowest BCUT2D eigenvalue weighted by Crippen LogP contribution is -2.06. The van der Waals surface area contributed by atoms with Gasteiger partial charge in [-0.2, -0.15) is 0 Å². The van der Waals surface area contributed by atoms with Crippen molar-refractivity contribution < 1.29 is 5.11 Å². The molecule has 72 valence electrons. The fraction of sp³-hybridized carbons (Fsp3) is 0.333. The highest BCUT2D eigenvalue weighted by atomic mass is 79.9. The minimum Gasteiger partial charge on any atom is -0.388 e. The molecule has 0 aromatic heterocycles. The molecule has 0 aliphatic heterocycles. The van der Waals surface area contributed by atoms with Gasteiger partial charge in [0, 0.05) is 9.50 Å². The molecule has 0 spiro atoms. The lowest BCUT2D eigenvalue weighted by molar-refractivity contribution is 0.170. The van der Waals surface area contributed by atoms with E-state index in [0.717, 1.165) is 10.0 Å². The number of hydrogen-bond donors (Lipinski definition) is 2. The Hall–Kier alpha value is -0.0900. The van der Waals surface area contributed by atoms with Crippen LogP contribution in [0.5, 0.6) is 0 Å². The van der Waals surface area contributed by atoms with Crippen molar-refractivity contribution in [1.29, 1.82) is 0 Å². The van der Waals surface area contributed by atoms with E-state index < -0.39 is 6.10 Å². The Morgan fingerprint density at radius 1 is 1.46 bits per heavy atom. The first-order valence-electron chi connectivity index (χ1n) is 3.97. The third-order valence-electron chi connectivity index (χ3n) is 1.71. The van der Waals surface area contributed by atoms with Gasteiger partial charge >= 0.3 is 0 Å². The standard InChI is InChI=1S/C9H11BrClNO/c10-7-3-6(4-8(11)5-7)9(13)1-2-12/h3-5,9,13H,1-2,12H2. The Balaban J connectivity index is 2.87. The summed E-state index contributed by atoms with van der Waals surface area (Å²) in [5.74, 6) is 0. The average molecular weight is 265 g/mol. The lowest BCUT2D eigenvalue weighted by Gasteiger charge is -2.10. The van der Waals surface area contributed by atoms with Crippen LogP contribution in [0.2, 0.25) is 5.02 Å². The second kappa shape index (κ2) is 4.96. The fourth-order valence-corrected chi connectivity index (χ4v) is 1.98. The number of nitrogens with two attached hydrogens (primary N) is 1. The molecule has 1 aromatic rings. The topological polar surface area (TPSA) is 46.2 Å². The summed E-state index contributed by atoms with van der Waals surface area (Å²) in [6.45, 7) is 0.464.